The lowest BCUT2D eigenvalue weighted by Crippen LogP contribution is -2.46. The van der Waals surface area contributed by atoms with Crippen molar-refractivity contribution in [1.82, 2.24) is 25.4 Å². The molecule has 4 rings (SSSR count). The summed E-state index contributed by atoms with van der Waals surface area (Å²) in [7, 11) is 0. The molecule has 2 N–H and O–H groups in total. The molecule has 3 aromatic rings. The lowest BCUT2D eigenvalue weighted by atomic mass is 10.00. The fourth-order valence-corrected chi connectivity index (χ4v) is 5.98. The zero-order valence-electron chi connectivity index (χ0n) is 25.4. The topological polar surface area (TPSA) is 93.4 Å². The average molecular weight is 619 g/mol. The van der Waals surface area contributed by atoms with Gasteiger partial charge in [-0.2, -0.15) is 0 Å². The SMILES string of the molecule is CCCNCCC(C)(C)OCC(C)(S)NC(C)=O.Cc1sc2c(c1C)C(c1ccc(Cl)cc1)=NCc1nnc(C)n1-2. The van der Waals surface area contributed by atoms with Crippen LogP contribution in [-0.4, -0.2) is 56.6 Å². The van der Waals surface area contributed by atoms with E-state index >= 15 is 0 Å². The second-order valence-electron chi connectivity index (χ2n) is 11.1. The highest BCUT2D eigenvalue weighted by atomic mass is 35.5. The Hall–Kier alpha value is -2.24. The summed E-state index contributed by atoms with van der Waals surface area (Å²) in [6.45, 7) is 18.7. The summed E-state index contributed by atoms with van der Waals surface area (Å²) in [6, 6.07) is 7.86. The summed E-state index contributed by atoms with van der Waals surface area (Å²) in [6.07, 6.45) is 2.06. The molecular formula is C30H43ClN6O2S2. The molecule has 1 atom stereocenters. The maximum Gasteiger partial charge on any atom is 0.218 e. The number of thiophene rings is 1. The molecule has 0 fully saturated rings. The van der Waals surface area contributed by atoms with Gasteiger partial charge in [0.15, 0.2) is 5.82 Å². The number of fused-ring (bicyclic) bond motifs is 3. The number of thiol groups is 1. The fraction of sp³-hybridized carbons (Fsp3) is 0.533. The minimum atomic E-state index is -0.625. The van der Waals surface area contributed by atoms with Gasteiger partial charge in [-0.05, 0) is 85.2 Å². The molecule has 0 aliphatic carbocycles. The van der Waals surface area contributed by atoms with E-state index in [9.17, 15) is 4.79 Å². The molecule has 1 aliphatic rings. The van der Waals surface area contributed by atoms with Crippen LogP contribution in [0.4, 0.5) is 0 Å². The highest BCUT2D eigenvalue weighted by Gasteiger charge is 2.27. The van der Waals surface area contributed by atoms with Gasteiger partial charge in [0.2, 0.25) is 5.91 Å². The normalized spacial score (nSPS) is 14.1. The minimum absolute atomic E-state index is 0.0986. The van der Waals surface area contributed by atoms with E-state index in [0.717, 1.165) is 58.9 Å². The quantitative estimate of drug-likeness (QED) is 0.143. The Morgan fingerprint density at radius 1 is 1.15 bits per heavy atom. The third-order valence-corrected chi connectivity index (χ3v) is 8.40. The monoisotopic (exact) mass is 618 g/mol. The van der Waals surface area contributed by atoms with E-state index in [1.165, 1.54) is 22.9 Å². The molecule has 8 nitrogen and oxygen atoms in total. The lowest BCUT2D eigenvalue weighted by molar-refractivity contribution is -0.121. The van der Waals surface area contributed by atoms with Gasteiger partial charge in [0, 0.05) is 28.0 Å². The molecule has 0 saturated heterocycles. The number of aryl methyl sites for hydroxylation is 2. The summed E-state index contributed by atoms with van der Waals surface area (Å²) in [5, 5.41) is 16.5. The van der Waals surface area contributed by atoms with Crippen molar-refractivity contribution in [3.05, 3.63) is 62.5 Å². The van der Waals surface area contributed by atoms with Gasteiger partial charge >= 0.3 is 0 Å². The van der Waals surface area contributed by atoms with E-state index in [-0.39, 0.29) is 11.5 Å². The van der Waals surface area contributed by atoms with Crippen molar-refractivity contribution < 1.29 is 9.53 Å². The molecule has 0 saturated carbocycles. The average Bonchev–Trinajstić information content (AvgIpc) is 3.34. The smallest absolute Gasteiger partial charge is 0.218 e. The Bertz CT molecular complexity index is 1360. The van der Waals surface area contributed by atoms with Crippen LogP contribution < -0.4 is 10.6 Å². The molecule has 41 heavy (non-hydrogen) atoms. The number of nitrogens with zero attached hydrogens (tertiary/aromatic N) is 4. The second-order valence-corrected chi connectivity index (χ2v) is 13.8. The molecule has 3 heterocycles. The molecule has 1 unspecified atom stereocenters. The molecule has 0 radical (unpaired) electrons. The molecule has 224 valence electrons. The highest BCUT2D eigenvalue weighted by Crippen LogP contribution is 2.36. The lowest BCUT2D eigenvalue weighted by Gasteiger charge is -2.31. The van der Waals surface area contributed by atoms with Crippen LogP contribution in [0.1, 0.15) is 80.7 Å². The number of carbonyl (C=O) groups excluding carboxylic acids is 1. The zero-order chi connectivity index (χ0) is 30.4. The Morgan fingerprint density at radius 3 is 2.46 bits per heavy atom. The van der Waals surface area contributed by atoms with Gasteiger partial charge in [-0.3, -0.25) is 14.4 Å². The summed E-state index contributed by atoms with van der Waals surface area (Å²) < 4.78 is 7.98. The van der Waals surface area contributed by atoms with E-state index < -0.39 is 4.87 Å². The molecule has 11 heteroatoms. The molecule has 1 aliphatic heterocycles. The first-order valence-electron chi connectivity index (χ1n) is 13.9. The van der Waals surface area contributed by atoms with E-state index in [2.05, 4.69) is 72.6 Å². The molecule has 1 aromatic carbocycles. The van der Waals surface area contributed by atoms with Crippen LogP contribution >= 0.6 is 35.6 Å². The van der Waals surface area contributed by atoms with Crippen LogP contribution in [-0.2, 0) is 16.1 Å². The predicted molar refractivity (Wildman–Crippen MR) is 173 cm³/mol. The van der Waals surface area contributed by atoms with Crippen LogP contribution in [0.25, 0.3) is 5.00 Å². The molecular weight excluding hydrogens is 576 g/mol. The number of amides is 1. The van der Waals surface area contributed by atoms with Crippen LogP contribution in [0.3, 0.4) is 0 Å². The summed E-state index contributed by atoms with van der Waals surface area (Å²) >= 11 is 12.2. The van der Waals surface area contributed by atoms with Crippen molar-refractivity contribution in [2.24, 2.45) is 4.99 Å². The van der Waals surface area contributed by atoms with Crippen molar-refractivity contribution in [3.8, 4) is 5.00 Å². The molecule has 0 spiro atoms. The summed E-state index contributed by atoms with van der Waals surface area (Å²) in [5.74, 6) is 1.68. The van der Waals surface area contributed by atoms with Crippen LogP contribution in [0.15, 0.2) is 29.3 Å². The Morgan fingerprint density at radius 2 is 1.83 bits per heavy atom. The number of rotatable bonds is 10. The molecule has 2 aromatic heterocycles. The van der Waals surface area contributed by atoms with Gasteiger partial charge in [0.05, 0.1) is 17.9 Å². The van der Waals surface area contributed by atoms with Gasteiger partial charge in [-0.15, -0.1) is 34.2 Å². The first kappa shape index (κ1) is 33.3. The third kappa shape index (κ3) is 9.12. The number of ether oxygens (including phenoxy) is 1. The first-order valence-corrected chi connectivity index (χ1v) is 15.6. The Labute approximate surface area is 258 Å². The minimum Gasteiger partial charge on any atom is -0.372 e. The predicted octanol–water partition coefficient (Wildman–Crippen LogP) is 6.21. The molecule has 0 bridgehead atoms. The first-order chi connectivity index (χ1) is 19.2. The summed E-state index contributed by atoms with van der Waals surface area (Å²) in [4.78, 5) is 16.5. The largest absolute Gasteiger partial charge is 0.372 e. The third-order valence-electron chi connectivity index (χ3n) is 6.71. The van der Waals surface area contributed by atoms with Crippen molar-refractivity contribution in [2.45, 2.75) is 85.2 Å². The van der Waals surface area contributed by atoms with Crippen LogP contribution in [0.2, 0.25) is 5.02 Å². The van der Waals surface area contributed by atoms with Crippen molar-refractivity contribution in [1.29, 1.82) is 0 Å². The number of halogens is 1. The van der Waals surface area contributed by atoms with E-state index in [1.54, 1.807) is 11.3 Å². The van der Waals surface area contributed by atoms with Crippen molar-refractivity contribution in [2.75, 3.05) is 19.7 Å². The highest BCUT2D eigenvalue weighted by molar-refractivity contribution is 7.81. The van der Waals surface area contributed by atoms with Gasteiger partial charge in [0.1, 0.15) is 22.2 Å². The molecule has 1 amide bonds. The number of nitrogens with one attached hydrogen (secondary N) is 2. The zero-order valence-corrected chi connectivity index (χ0v) is 27.9. The second kappa shape index (κ2) is 14.3. The number of benzene rings is 1. The number of aliphatic imine (C=N–C) groups is 1. The number of carbonyl (C=O) groups is 1. The van der Waals surface area contributed by atoms with Crippen molar-refractivity contribution in [3.63, 3.8) is 0 Å². The number of hydrogen-bond acceptors (Lipinski definition) is 8. The van der Waals surface area contributed by atoms with Gasteiger partial charge in [0.25, 0.3) is 0 Å². The van der Waals surface area contributed by atoms with Gasteiger partial charge < -0.3 is 15.4 Å². The number of aromatic nitrogens is 3. The van der Waals surface area contributed by atoms with Crippen LogP contribution in [0, 0.1) is 20.8 Å². The van der Waals surface area contributed by atoms with Crippen LogP contribution in [0.5, 0.6) is 0 Å². The standard InChI is InChI=1S/C17H15ClN4S.C13H28N2O2S/c1-9-10(2)23-17-15(9)16(12-4-6-13(18)7-5-12)19-8-14-21-20-11(3)22(14)17;1-6-8-14-9-7-12(3,4)17-10-13(5,18)15-11(2)16/h4-7H,8H2,1-3H3;14,18H,6-10H2,1-5H3,(H,15,16). The Balaban J connectivity index is 0.000000235. The Kier molecular flexibility index (Phi) is 11.6. The summed E-state index contributed by atoms with van der Waals surface area (Å²) in [5.41, 5.74) is 4.30. The van der Waals surface area contributed by atoms with E-state index in [1.807, 2.05) is 38.1 Å². The van der Waals surface area contributed by atoms with Gasteiger partial charge in [-0.1, -0.05) is 30.7 Å². The maximum absolute atomic E-state index is 11.0. The number of hydrogen-bond donors (Lipinski definition) is 3. The maximum atomic E-state index is 11.0. The fourth-order valence-electron chi connectivity index (χ4n) is 4.40. The van der Waals surface area contributed by atoms with E-state index in [4.69, 9.17) is 21.3 Å². The van der Waals surface area contributed by atoms with E-state index in [0.29, 0.717) is 13.2 Å². The van der Waals surface area contributed by atoms with Crippen molar-refractivity contribution >= 4 is 47.2 Å². The van der Waals surface area contributed by atoms with Gasteiger partial charge in [-0.25, -0.2) is 0 Å².